The van der Waals surface area contributed by atoms with E-state index in [1.807, 2.05) is 0 Å². The summed E-state index contributed by atoms with van der Waals surface area (Å²) in [6, 6.07) is 0. The maximum Gasteiger partial charge on any atom is 0.243 e. The van der Waals surface area contributed by atoms with Gasteiger partial charge in [0.2, 0.25) is 7.42 Å². The van der Waals surface area contributed by atoms with Crippen LogP contribution in [0, 0.1) is 0 Å². The van der Waals surface area contributed by atoms with E-state index in [1.54, 1.807) is 0 Å². The summed E-state index contributed by atoms with van der Waals surface area (Å²) < 4.78 is 0. The van der Waals surface area contributed by atoms with Gasteiger partial charge in [0.1, 0.15) is 0 Å². The molecule has 0 heterocycles. The van der Waals surface area contributed by atoms with Crippen molar-refractivity contribution in [3.63, 3.8) is 0 Å². The highest BCUT2D eigenvalue weighted by atomic mass is 35.7. The fourth-order valence-electron chi connectivity index (χ4n) is 3.62. The Morgan fingerprint density at radius 3 is 1.75 bits per heavy atom. The monoisotopic (exact) mass is 336 g/mol. The topological polar surface area (TPSA) is 0 Å². The van der Waals surface area contributed by atoms with Crippen LogP contribution < -0.4 is 0 Å². The van der Waals surface area contributed by atoms with Crippen molar-refractivity contribution in [2.75, 3.05) is 0 Å². The lowest BCUT2D eigenvalue weighted by Crippen LogP contribution is -2.27. The molecule has 0 bridgehead atoms. The van der Waals surface area contributed by atoms with E-state index >= 15 is 0 Å². The molecule has 0 N–H and O–H groups in total. The van der Waals surface area contributed by atoms with Crippen molar-refractivity contribution in [2.24, 2.45) is 0 Å². The summed E-state index contributed by atoms with van der Waals surface area (Å²) in [5.41, 5.74) is 0. The molecule has 20 heavy (non-hydrogen) atoms. The van der Waals surface area contributed by atoms with Crippen molar-refractivity contribution in [3.8, 4) is 0 Å². The van der Waals surface area contributed by atoms with Gasteiger partial charge in [0.15, 0.2) is 0 Å². The van der Waals surface area contributed by atoms with Crippen LogP contribution in [0.25, 0.3) is 0 Å². The predicted molar refractivity (Wildman–Crippen MR) is 96.5 cm³/mol. The summed E-state index contributed by atoms with van der Waals surface area (Å²) in [4.78, 5) is 0. The van der Waals surface area contributed by atoms with Crippen molar-refractivity contribution in [2.45, 2.75) is 108 Å². The lowest BCUT2D eigenvalue weighted by molar-refractivity contribution is 0.344. The minimum Gasteiger partial charge on any atom is -0.150 e. The summed E-state index contributed by atoms with van der Waals surface area (Å²) in [6.07, 6.45) is 20.7. The molecule has 0 aliphatic heterocycles. The van der Waals surface area contributed by atoms with E-state index in [1.165, 1.54) is 96.3 Å². The predicted octanol–water partition coefficient (Wildman–Crippen LogP) is 7.31. The van der Waals surface area contributed by atoms with Crippen LogP contribution >= 0.6 is 22.2 Å². The minimum atomic E-state index is -1.52. The first kappa shape index (κ1) is 18.8. The molecular formula is C17H34Cl2Si. The van der Waals surface area contributed by atoms with Crippen LogP contribution in [0.3, 0.4) is 0 Å². The van der Waals surface area contributed by atoms with Gasteiger partial charge in [-0.15, -0.1) is 22.2 Å². The zero-order valence-electron chi connectivity index (χ0n) is 13.4. The maximum absolute atomic E-state index is 6.43. The average Bonchev–Trinajstić information content (AvgIpc) is 2.46. The summed E-state index contributed by atoms with van der Waals surface area (Å²) in [5, 5.41) is 0.391. The summed E-state index contributed by atoms with van der Waals surface area (Å²) >= 11 is 12.9. The van der Waals surface area contributed by atoms with E-state index in [0.29, 0.717) is 5.04 Å². The van der Waals surface area contributed by atoms with E-state index in [-0.39, 0.29) is 0 Å². The third kappa shape index (κ3) is 7.18. The lowest BCUT2D eigenvalue weighted by Gasteiger charge is -2.37. The molecule has 0 spiro atoms. The Morgan fingerprint density at radius 1 is 0.750 bits per heavy atom. The number of halogens is 2. The van der Waals surface area contributed by atoms with Crippen molar-refractivity contribution >= 4 is 29.6 Å². The molecule has 0 aromatic rings. The lowest BCUT2D eigenvalue weighted by atomic mass is 9.84. The summed E-state index contributed by atoms with van der Waals surface area (Å²) in [7, 11) is -1.52. The molecular weight excluding hydrogens is 303 g/mol. The zero-order valence-corrected chi connectivity index (χ0v) is 16.1. The fraction of sp³-hybridized carbons (Fsp3) is 1.00. The van der Waals surface area contributed by atoms with Crippen LogP contribution in [0.15, 0.2) is 0 Å². The fourth-order valence-corrected chi connectivity index (χ4v) is 6.85. The Hall–Kier alpha value is 0.797. The molecule has 0 unspecified atom stereocenters. The maximum atomic E-state index is 6.43. The van der Waals surface area contributed by atoms with Gasteiger partial charge in [-0.1, -0.05) is 84.0 Å². The second-order valence-electron chi connectivity index (χ2n) is 6.80. The number of hydrogen-bond acceptors (Lipinski definition) is 0. The van der Waals surface area contributed by atoms with Crippen molar-refractivity contribution < 1.29 is 0 Å². The van der Waals surface area contributed by atoms with Crippen molar-refractivity contribution in [3.05, 3.63) is 0 Å². The van der Waals surface area contributed by atoms with E-state index in [0.717, 1.165) is 0 Å². The molecule has 1 saturated carbocycles. The molecule has 0 nitrogen and oxygen atoms in total. The van der Waals surface area contributed by atoms with Gasteiger partial charge >= 0.3 is 0 Å². The number of unbranched alkanes of at least 4 members (excludes halogenated alkanes) is 8. The van der Waals surface area contributed by atoms with Crippen molar-refractivity contribution in [1.29, 1.82) is 0 Å². The molecule has 120 valence electrons. The smallest absolute Gasteiger partial charge is 0.150 e. The van der Waals surface area contributed by atoms with Gasteiger partial charge in [-0.25, -0.2) is 0 Å². The summed E-state index contributed by atoms with van der Waals surface area (Å²) in [5.74, 6) is 0. The quantitative estimate of drug-likeness (QED) is 0.211. The first-order chi connectivity index (χ1) is 9.71. The zero-order chi connectivity index (χ0) is 14.7. The standard InChI is InChI=1S/C17H34Cl2Si/c1-2-3-4-5-6-7-8-9-11-14-17(20(18)19)15-12-10-13-16-17/h20H,2-16H2,1H3. The van der Waals surface area contributed by atoms with Gasteiger partial charge in [-0.2, -0.15) is 0 Å². The van der Waals surface area contributed by atoms with Gasteiger partial charge in [-0.05, 0) is 24.3 Å². The van der Waals surface area contributed by atoms with Gasteiger partial charge < -0.3 is 0 Å². The molecule has 3 heteroatoms. The molecule has 0 saturated heterocycles. The number of hydrogen-bond donors (Lipinski definition) is 0. The largest absolute Gasteiger partial charge is 0.243 e. The van der Waals surface area contributed by atoms with E-state index < -0.39 is 7.42 Å². The molecule has 0 amide bonds. The van der Waals surface area contributed by atoms with E-state index in [9.17, 15) is 0 Å². The minimum absolute atomic E-state index is 0.391. The second-order valence-corrected chi connectivity index (χ2v) is 11.9. The molecule has 0 aromatic heterocycles. The van der Waals surface area contributed by atoms with Crippen LogP contribution in [-0.2, 0) is 0 Å². The van der Waals surface area contributed by atoms with E-state index in [4.69, 9.17) is 22.2 Å². The van der Waals surface area contributed by atoms with Gasteiger partial charge in [-0.3, -0.25) is 0 Å². The second kappa shape index (κ2) is 11.4. The highest BCUT2D eigenvalue weighted by Gasteiger charge is 2.38. The Morgan fingerprint density at radius 2 is 1.25 bits per heavy atom. The molecule has 1 rings (SSSR count). The van der Waals surface area contributed by atoms with Crippen LogP contribution in [0.4, 0.5) is 0 Å². The van der Waals surface area contributed by atoms with Gasteiger partial charge in [0.05, 0.1) is 0 Å². The Balaban J connectivity index is 2.04. The van der Waals surface area contributed by atoms with Crippen molar-refractivity contribution in [1.82, 2.24) is 0 Å². The third-order valence-electron chi connectivity index (χ3n) is 5.09. The first-order valence-electron chi connectivity index (χ1n) is 8.99. The van der Waals surface area contributed by atoms with Crippen LogP contribution in [0.5, 0.6) is 0 Å². The average molecular weight is 337 g/mol. The van der Waals surface area contributed by atoms with Crippen LogP contribution in [0.2, 0.25) is 5.04 Å². The Labute approximate surface area is 138 Å². The molecule has 0 atom stereocenters. The highest BCUT2D eigenvalue weighted by Crippen LogP contribution is 2.51. The molecule has 0 radical (unpaired) electrons. The van der Waals surface area contributed by atoms with Crippen LogP contribution in [0.1, 0.15) is 103 Å². The SMILES string of the molecule is CCCCCCCCCCCC1([SiH](Cl)Cl)CCCCC1. The molecule has 0 aromatic carbocycles. The summed E-state index contributed by atoms with van der Waals surface area (Å²) in [6.45, 7) is 2.28. The molecule has 1 aliphatic rings. The first-order valence-corrected chi connectivity index (χ1v) is 13.1. The van der Waals surface area contributed by atoms with E-state index in [2.05, 4.69) is 6.92 Å². The molecule has 1 fully saturated rings. The normalized spacial score (nSPS) is 18.6. The molecule has 1 aliphatic carbocycles. The Kier molecular flexibility index (Phi) is 10.7. The van der Waals surface area contributed by atoms with Gasteiger partial charge in [0, 0.05) is 0 Å². The van der Waals surface area contributed by atoms with Gasteiger partial charge in [0.25, 0.3) is 0 Å². The highest BCUT2D eigenvalue weighted by molar-refractivity contribution is 7.35. The number of rotatable bonds is 11. The van der Waals surface area contributed by atoms with Crippen LogP contribution in [-0.4, -0.2) is 7.42 Å². The Bertz CT molecular complexity index is 225. The third-order valence-corrected chi connectivity index (χ3v) is 9.66.